The molecule has 0 bridgehead atoms. The van der Waals surface area contributed by atoms with Crippen LogP contribution in [-0.2, 0) is 4.74 Å². The normalized spacial score (nSPS) is 10.2. The van der Waals surface area contributed by atoms with Crippen LogP contribution >= 0.6 is 11.6 Å². The highest BCUT2D eigenvalue weighted by atomic mass is 35.5. The van der Waals surface area contributed by atoms with Gasteiger partial charge in [0.1, 0.15) is 5.02 Å². The molecule has 0 spiro atoms. The predicted molar refractivity (Wildman–Crippen MR) is 71.5 cm³/mol. The molecule has 104 valence electrons. The van der Waals surface area contributed by atoms with Crippen molar-refractivity contribution in [1.29, 1.82) is 0 Å². The van der Waals surface area contributed by atoms with Gasteiger partial charge in [0, 0.05) is 31.4 Å². The fraction of sp³-hybridized carbons (Fsp3) is 0.417. The molecule has 0 saturated carbocycles. The molecule has 0 unspecified atom stereocenters. The van der Waals surface area contributed by atoms with E-state index in [4.69, 9.17) is 16.3 Å². The summed E-state index contributed by atoms with van der Waals surface area (Å²) in [6, 6.07) is 3.96. The molecule has 1 N–H and O–H groups in total. The van der Waals surface area contributed by atoms with Gasteiger partial charge >= 0.3 is 0 Å². The molecule has 7 heteroatoms. The first-order chi connectivity index (χ1) is 9.06. The number of carbonyl (C=O) groups is 1. The molecule has 0 saturated heterocycles. The van der Waals surface area contributed by atoms with Gasteiger partial charge in [-0.25, -0.2) is 0 Å². The van der Waals surface area contributed by atoms with Crippen molar-refractivity contribution in [1.82, 2.24) is 5.32 Å². The Kier molecular flexibility index (Phi) is 6.24. The molecular formula is C12H15ClN2O4. The molecule has 1 rings (SSSR count). The minimum absolute atomic E-state index is 0.0119. The summed E-state index contributed by atoms with van der Waals surface area (Å²) in [5.74, 6) is -0.365. The summed E-state index contributed by atoms with van der Waals surface area (Å²) < 4.78 is 5.13. The van der Waals surface area contributed by atoms with E-state index in [-0.39, 0.29) is 22.2 Å². The third kappa shape index (κ3) is 4.84. The first-order valence-corrected chi connectivity index (χ1v) is 6.24. The standard InChI is InChI=1S/C12H15ClN2O4/c1-2-19-7-3-6-14-12(16)9-4-5-10(13)11(8-9)15(17)18/h4-5,8H,2-3,6-7H2,1H3,(H,14,16). The number of ether oxygens (including phenoxy) is 1. The van der Waals surface area contributed by atoms with Crippen molar-refractivity contribution < 1.29 is 14.5 Å². The van der Waals surface area contributed by atoms with Crippen molar-refractivity contribution in [2.24, 2.45) is 0 Å². The van der Waals surface area contributed by atoms with Crippen LogP contribution < -0.4 is 5.32 Å². The highest BCUT2D eigenvalue weighted by molar-refractivity contribution is 6.32. The second-order valence-corrected chi connectivity index (χ2v) is 4.14. The number of nitro benzene ring substituents is 1. The van der Waals surface area contributed by atoms with Crippen molar-refractivity contribution >= 4 is 23.2 Å². The van der Waals surface area contributed by atoms with Gasteiger partial charge in [0.25, 0.3) is 11.6 Å². The monoisotopic (exact) mass is 286 g/mol. The molecule has 0 heterocycles. The van der Waals surface area contributed by atoms with E-state index in [0.717, 1.165) is 0 Å². The van der Waals surface area contributed by atoms with Crippen molar-refractivity contribution in [3.63, 3.8) is 0 Å². The Morgan fingerprint density at radius 2 is 2.26 bits per heavy atom. The molecule has 6 nitrogen and oxygen atoms in total. The van der Waals surface area contributed by atoms with Crippen molar-refractivity contribution in [3.05, 3.63) is 38.9 Å². The van der Waals surface area contributed by atoms with E-state index in [0.29, 0.717) is 26.2 Å². The van der Waals surface area contributed by atoms with E-state index in [1.807, 2.05) is 6.92 Å². The molecule has 19 heavy (non-hydrogen) atoms. The number of rotatable bonds is 7. The Morgan fingerprint density at radius 1 is 1.53 bits per heavy atom. The summed E-state index contributed by atoms with van der Waals surface area (Å²) in [6.07, 6.45) is 0.690. The molecule has 1 amide bonds. The van der Waals surface area contributed by atoms with Gasteiger partial charge < -0.3 is 10.1 Å². The average molecular weight is 287 g/mol. The molecular weight excluding hydrogens is 272 g/mol. The van der Waals surface area contributed by atoms with Gasteiger partial charge in [0.2, 0.25) is 0 Å². The zero-order chi connectivity index (χ0) is 14.3. The van der Waals surface area contributed by atoms with E-state index >= 15 is 0 Å². The first-order valence-electron chi connectivity index (χ1n) is 5.86. The van der Waals surface area contributed by atoms with Gasteiger partial charge in [-0.05, 0) is 25.5 Å². The molecule has 0 aromatic heterocycles. The highest BCUT2D eigenvalue weighted by Crippen LogP contribution is 2.24. The van der Waals surface area contributed by atoms with E-state index in [9.17, 15) is 14.9 Å². The lowest BCUT2D eigenvalue weighted by Crippen LogP contribution is -2.25. The summed E-state index contributed by atoms with van der Waals surface area (Å²) in [7, 11) is 0. The number of benzene rings is 1. The number of hydrogen-bond donors (Lipinski definition) is 1. The van der Waals surface area contributed by atoms with Gasteiger partial charge in [0.15, 0.2) is 0 Å². The SMILES string of the molecule is CCOCCCNC(=O)c1ccc(Cl)c([N+](=O)[O-])c1. The number of nitro groups is 1. The fourth-order valence-electron chi connectivity index (χ4n) is 1.42. The van der Waals surface area contributed by atoms with Crippen LogP contribution in [0.4, 0.5) is 5.69 Å². The van der Waals surface area contributed by atoms with E-state index in [1.165, 1.54) is 18.2 Å². The average Bonchev–Trinajstić information content (AvgIpc) is 2.38. The second kappa shape index (κ2) is 7.70. The Hall–Kier alpha value is -1.66. The lowest BCUT2D eigenvalue weighted by molar-refractivity contribution is -0.384. The number of nitrogens with one attached hydrogen (secondary N) is 1. The van der Waals surface area contributed by atoms with Crippen LogP contribution in [0.2, 0.25) is 5.02 Å². The van der Waals surface area contributed by atoms with Crippen LogP contribution in [0.5, 0.6) is 0 Å². The van der Waals surface area contributed by atoms with Crippen LogP contribution in [0.25, 0.3) is 0 Å². The van der Waals surface area contributed by atoms with Gasteiger partial charge in [-0.3, -0.25) is 14.9 Å². The van der Waals surface area contributed by atoms with E-state index in [1.54, 1.807) is 0 Å². The minimum atomic E-state index is -0.617. The maximum absolute atomic E-state index is 11.7. The maximum atomic E-state index is 11.7. The van der Waals surface area contributed by atoms with Crippen LogP contribution in [0.3, 0.4) is 0 Å². The summed E-state index contributed by atoms with van der Waals surface area (Å²) >= 11 is 5.67. The maximum Gasteiger partial charge on any atom is 0.288 e. The first kappa shape index (κ1) is 15.4. The lowest BCUT2D eigenvalue weighted by Gasteiger charge is -2.05. The van der Waals surface area contributed by atoms with Crippen LogP contribution in [0.15, 0.2) is 18.2 Å². The third-order valence-corrected chi connectivity index (χ3v) is 2.68. The highest BCUT2D eigenvalue weighted by Gasteiger charge is 2.15. The van der Waals surface area contributed by atoms with E-state index < -0.39 is 4.92 Å². The van der Waals surface area contributed by atoms with Crippen molar-refractivity contribution in [2.45, 2.75) is 13.3 Å². The van der Waals surface area contributed by atoms with Gasteiger partial charge in [-0.2, -0.15) is 0 Å². The molecule has 0 radical (unpaired) electrons. The summed E-state index contributed by atoms with van der Waals surface area (Å²) in [6.45, 7) is 3.55. The predicted octanol–water partition coefficient (Wildman–Crippen LogP) is 2.40. The number of amides is 1. The van der Waals surface area contributed by atoms with Gasteiger partial charge in [-0.15, -0.1) is 0 Å². The minimum Gasteiger partial charge on any atom is -0.382 e. The number of nitrogens with zero attached hydrogens (tertiary/aromatic N) is 1. The second-order valence-electron chi connectivity index (χ2n) is 3.73. The smallest absolute Gasteiger partial charge is 0.288 e. The zero-order valence-electron chi connectivity index (χ0n) is 10.5. The van der Waals surface area contributed by atoms with Crippen molar-refractivity contribution in [3.8, 4) is 0 Å². The Labute approximate surface area is 115 Å². The Bertz CT molecular complexity index is 465. The van der Waals surface area contributed by atoms with Gasteiger partial charge in [-0.1, -0.05) is 11.6 Å². The summed E-state index contributed by atoms with van der Waals surface area (Å²) in [5, 5.41) is 13.4. The topological polar surface area (TPSA) is 81.5 Å². The molecule has 0 fully saturated rings. The summed E-state index contributed by atoms with van der Waals surface area (Å²) in [5.41, 5.74) is -0.0591. The third-order valence-electron chi connectivity index (χ3n) is 2.36. The lowest BCUT2D eigenvalue weighted by atomic mass is 10.2. The molecule has 1 aromatic carbocycles. The molecule has 0 atom stereocenters. The van der Waals surface area contributed by atoms with Crippen LogP contribution in [0.1, 0.15) is 23.7 Å². The molecule has 1 aromatic rings. The largest absolute Gasteiger partial charge is 0.382 e. The van der Waals surface area contributed by atoms with Crippen LogP contribution in [0, 0.1) is 10.1 Å². The van der Waals surface area contributed by atoms with E-state index in [2.05, 4.69) is 5.32 Å². The Morgan fingerprint density at radius 3 is 2.89 bits per heavy atom. The van der Waals surface area contributed by atoms with Crippen molar-refractivity contribution in [2.75, 3.05) is 19.8 Å². The molecule has 0 aliphatic carbocycles. The number of halogens is 1. The zero-order valence-corrected chi connectivity index (χ0v) is 11.3. The quantitative estimate of drug-likeness (QED) is 0.474. The molecule has 0 aliphatic rings. The van der Waals surface area contributed by atoms with Crippen LogP contribution in [-0.4, -0.2) is 30.6 Å². The van der Waals surface area contributed by atoms with Gasteiger partial charge in [0.05, 0.1) is 4.92 Å². The number of carbonyl (C=O) groups excluding carboxylic acids is 1. The Balaban J connectivity index is 2.57. The fourth-order valence-corrected chi connectivity index (χ4v) is 1.60. The molecule has 0 aliphatic heterocycles. The summed E-state index contributed by atoms with van der Waals surface area (Å²) in [4.78, 5) is 21.8. The number of hydrogen-bond acceptors (Lipinski definition) is 4.